The molecule has 0 spiro atoms. The van der Waals surface area contributed by atoms with E-state index in [9.17, 15) is 32.7 Å². The van der Waals surface area contributed by atoms with Crippen molar-refractivity contribution in [3.05, 3.63) is 59.4 Å². The van der Waals surface area contributed by atoms with Crippen molar-refractivity contribution >= 4 is 23.5 Å². The Hall–Kier alpha value is -3.71. The fourth-order valence-corrected chi connectivity index (χ4v) is 7.19. The Labute approximate surface area is 247 Å². The third kappa shape index (κ3) is 5.79. The zero-order valence-electron chi connectivity index (χ0n) is 23.6. The summed E-state index contributed by atoms with van der Waals surface area (Å²) in [6, 6.07) is 8.13. The number of halogens is 3. The number of benzene rings is 1. The van der Waals surface area contributed by atoms with Gasteiger partial charge in [0.1, 0.15) is 5.60 Å². The van der Waals surface area contributed by atoms with Gasteiger partial charge in [0.15, 0.2) is 0 Å². The summed E-state index contributed by atoms with van der Waals surface area (Å²) in [7, 11) is 0. The van der Waals surface area contributed by atoms with E-state index in [-0.39, 0.29) is 42.2 Å². The van der Waals surface area contributed by atoms with Gasteiger partial charge in [-0.2, -0.15) is 13.2 Å². The number of hydrogen-bond acceptors (Lipinski definition) is 6. The van der Waals surface area contributed by atoms with Crippen LogP contribution in [0.15, 0.2) is 42.6 Å². The summed E-state index contributed by atoms with van der Waals surface area (Å²) < 4.78 is 39.0. The number of fused-ring (bicyclic) bond motifs is 1. The molecule has 4 fully saturated rings. The second kappa shape index (κ2) is 11.4. The lowest BCUT2D eigenvalue weighted by molar-refractivity contribution is -0.137. The lowest BCUT2D eigenvalue weighted by Crippen LogP contribution is -2.47. The van der Waals surface area contributed by atoms with Crippen molar-refractivity contribution in [3.63, 3.8) is 0 Å². The number of carbonyl (C=O) groups excluding carboxylic acids is 3. The van der Waals surface area contributed by atoms with Gasteiger partial charge in [-0.05, 0) is 68.9 Å². The maximum Gasteiger partial charge on any atom is 0.416 e. The van der Waals surface area contributed by atoms with E-state index in [0.29, 0.717) is 43.9 Å². The number of pyridine rings is 1. The van der Waals surface area contributed by atoms with Gasteiger partial charge in [-0.3, -0.25) is 24.4 Å². The third-order valence-electron chi connectivity index (χ3n) is 9.44. The van der Waals surface area contributed by atoms with E-state index in [1.807, 2.05) is 6.07 Å². The van der Waals surface area contributed by atoms with Crippen LogP contribution in [0.1, 0.15) is 60.1 Å². The Bertz CT molecular complexity index is 1380. The van der Waals surface area contributed by atoms with Gasteiger partial charge in [0.2, 0.25) is 5.91 Å². The SMILES string of the molecule is O=C(NCC(=O)N1CC[C@H]2[C@@H]1CCN2[C@H]1CC[C@](O)(c2ccc(N3CCNC3=O)cn2)CC1)c1cccc(C(F)(F)F)c1. The maximum absolute atomic E-state index is 13.0. The molecule has 230 valence electrons. The van der Waals surface area contributed by atoms with Crippen molar-refractivity contribution in [1.29, 1.82) is 0 Å². The molecular formula is C30H35F3N6O4. The number of rotatable bonds is 6. The minimum atomic E-state index is -4.56. The Balaban J connectivity index is 1.01. The largest absolute Gasteiger partial charge is 0.416 e. The summed E-state index contributed by atoms with van der Waals surface area (Å²) in [5.74, 6) is -0.961. The van der Waals surface area contributed by atoms with E-state index in [1.165, 1.54) is 12.1 Å². The Kier molecular flexibility index (Phi) is 7.80. The molecule has 4 aliphatic rings. The Morgan fingerprint density at radius 3 is 2.49 bits per heavy atom. The molecule has 4 heterocycles. The molecule has 0 unspecified atom stereocenters. The van der Waals surface area contributed by atoms with E-state index < -0.39 is 23.2 Å². The molecule has 43 heavy (non-hydrogen) atoms. The number of urea groups is 1. The summed E-state index contributed by atoms with van der Waals surface area (Å²) >= 11 is 0. The van der Waals surface area contributed by atoms with Gasteiger partial charge in [-0.15, -0.1) is 0 Å². The number of anilines is 1. The highest BCUT2D eigenvalue weighted by Gasteiger charge is 2.48. The highest BCUT2D eigenvalue weighted by molar-refractivity contribution is 5.96. The van der Waals surface area contributed by atoms with Crippen LogP contribution in [0.5, 0.6) is 0 Å². The molecule has 4 amide bonds. The maximum atomic E-state index is 13.0. The molecule has 1 saturated carbocycles. The minimum absolute atomic E-state index is 0.0239. The summed E-state index contributed by atoms with van der Waals surface area (Å²) in [5.41, 5.74) is -0.774. The zero-order chi connectivity index (χ0) is 30.4. The average Bonchev–Trinajstić information content (AvgIpc) is 3.73. The fraction of sp³-hybridized carbons (Fsp3) is 0.533. The highest BCUT2D eigenvalue weighted by Crippen LogP contribution is 2.42. The standard InChI is InChI=1S/C30H35F3N6O4/c31-30(32,33)20-3-1-2-19(16-20)27(41)36-18-26(40)39-14-9-23-24(39)8-13-37(23)21-6-10-29(43,11-7-21)25-5-4-22(17-35-25)38-15-12-34-28(38)42/h1-5,16-17,21,23-24,43H,6-15,18H2,(H,34,42)(H,36,41)/t21-,23-,24-,29+/m0/s1. The van der Waals surface area contributed by atoms with Crippen LogP contribution in [0, 0.1) is 0 Å². The topological polar surface area (TPSA) is 118 Å². The lowest BCUT2D eigenvalue weighted by Gasteiger charge is -2.41. The van der Waals surface area contributed by atoms with Gasteiger partial charge in [0, 0.05) is 49.9 Å². The van der Waals surface area contributed by atoms with Crippen molar-refractivity contribution in [1.82, 2.24) is 25.4 Å². The molecule has 1 aromatic carbocycles. The molecule has 10 nitrogen and oxygen atoms in total. The van der Waals surface area contributed by atoms with Crippen molar-refractivity contribution in [3.8, 4) is 0 Å². The number of alkyl halides is 3. The van der Waals surface area contributed by atoms with E-state index in [4.69, 9.17) is 0 Å². The van der Waals surface area contributed by atoms with Gasteiger partial charge in [-0.25, -0.2) is 4.79 Å². The molecule has 3 saturated heterocycles. The number of aromatic nitrogens is 1. The highest BCUT2D eigenvalue weighted by atomic mass is 19.4. The van der Waals surface area contributed by atoms with Crippen LogP contribution < -0.4 is 15.5 Å². The van der Waals surface area contributed by atoms with Crippen LogP contribution in [0.4, 0.5) is 23.7 Å². The van der Waals surface area contributed by atoms with E-state index in [2.05, 4.69) is 20.5 Å². The molecule has 1 aliphatic carbocycles. The first-order valence-corrected chi connectivity index (χ1v) is 14.8. The lowest BCUT2D eigenvalue weighted by atomic mass is 9.79. The monoisotopic (exact) mass is 600 g/mol. The number of aliphatic hydroxyl groups is 1. The van der Waals surface area contributed by atoms with Crippen LogP contribution >= 0.6 is 0 Å². The summed E-state index contributed by atoms with van der Waals surface area (Å²) in [5, 5.41) is 16.7. The van der Waals surface area contributed by atoms with Crippen LogP contribution in [0.3, 0.4) is 0 Å². The van der Waals surface area contributed by atoms with Gasteiger partial charge in [0.25, 0.3) is 5.91 Å². The van der Waals surface area contributed by atoms with Crippen molar-refractivity contribution in [2.75, 3.05) is 37.6 Å². The molecule has 2 aromatic rings. The number of carbonyl (C=O) groups is 3. The number of hydrogen-bond donors (Lipinski definition) is 3. The minimum Gasteiger partial charge on any atom is -0.384 e. The Morgan fingerprint density at radius 1 is 1.05 bits per heavy atom. The number of likely N-dealkylation sites (tertiary alicyclic amines) is 2. The molecule has 6 rings (SSSR count). The van der Waals surface area contributed by atoms with Gasteiger partial charge >= 0.3 is 12.2 Å². The van der Waals surface area contributed by atoms with E-state index in [1.54, 1.807) is 22.1 Å². The first kappa shape index (κ1) is 29.4. The van der Waals surface area contributed by atoms with Gasteiger partial charge in [-0.1, -0.05) is 6.07 Å². The van der Waals surface area contributed by atoms with Gasteiger partial charge in [0.05, 0.1) is 29.7 Å². The second-order valence-electron chi connectivity index (χ2n) is 11.8. The molecule has 0 bridgehead atoms. The number of amides is 4. The third-order valence-corrected chi connectivity index (χ3v) is 9.44. The second-order valence-corrected chi connectivity index (χ2v) is 11.8. The Morgan fingerprint density at radius 2 is 1.81 bits per heavy atom. The number of nitrogens with one attached hydrogen (secondary N) is 2. The fourth-order valence-electron chi connectivity index (χ4n) is 7.19. The quantitative estimate of drug-likeness (QED) is 0.470. The normalized spacial score (nSPS) is 27.7. The first-order chi connectivity index (χ1) is 20.5. The molecule has 1 aromatic heterocycles. The van der Waals surface area contributed by atoms with Crippen molar-refractivity contribution in [2.24, 2.45) is 0 Å². The summed E-state index contributed by atoms with van der Waals surface area (Å²) in [4.78, 5) is 47.9. The first-order valence-electron chi connectivity index (χ1n) is 14.8. The predicted octanol–water partition coefficient (Wildman–Crippen LogP) is 2.87. The zero-order valence-corrected chi connectivity index (χ0v) is 23.6. The number of nitrogens with zero attached hydrogens (tertiary/aromatic N) is 4. The molecular weight excluding hydrogens is 565 g/mol. The van der Waals surface area contributed by atoms with E-state index in [0.717, 1.165) is 44.4 Å². The van der Waals surface area contributed by atoms with Crippen LogP contribution in [-0.2, 0) is 16.6 Å². The van der Waals surface area contributed by atoms with Crippen molar-refractivity contribution in [2.45, 2.75) is 68.4 Å². The van der Waals surface area contributed by atoms with Crippen LogP contribution in [0.25, 0.3) is 0 Å². The predicted molar refractivity (Wildman–Crippen MR) is 150 cm³/mol. The molecule has 3 aliphatic heterocycles. The molecule has 3 N–H and O–H groups in total. The smallest absolute Gasteiger partial charge is 0.384 e. The van der Waals surface area contributed by atoms with Crippen LogP contribution in [0.2, 0.25) is 0 Å². The average molecular weight is 601 g/mol. The van der Waals surface area contributed by atoms with Crippen LogP contribution in [-0.4, -0.2) is 88.6 Å². The molecule has 2 atom stereocenters. The molecule has 0 radical (unpaired) electrons. The van der Waals surface area contributed by atoms with E-state index >= 15 is 0 Å². The van der Waals surface area contributed by atoms with Gasteiger partial charge < -0.3 is 20.6 Å². The van der Waals surface area contributed by atoms with Crippen molar-refractivity contribution < 1.29 is 32.7 Å². The summed E-state index contributed by atoms with van der Waals surface area (Å²) in [6.07, 6.45) is 1.41. The molecule has 13 heteroatoms. The summed E-state index contributed by atoms with van der Waals surface area (Å²) in [6.45, 7) is 2.30.